The number of thiophene rings is 1. The van der Waals surface area contributed by atoms with Crippen molar-refractivity contribution in [1.29, 1.82) is 0 Å². The van der Waals surface area contributed by atoms with Gasteiger partial charge in [-0.25, -0.2) is 0 Å². The molecule has 1 aliphatic heterocycles. The zero-order valence-electron chi connectivity index (χ0n) is 11.5. The van der Waals surface area contributed by atoms with Crippen LogP contribution in [0.25, 0.3) is 0 Å². The smallest absolute Gasteiger partial charge is 0.0931 e. The van der Waals surface area contributed by atoms with E-state index in [1.807, 2.05) is 6.07 Å². The van der Waals surface area contributed by atoms with Crippen LogP contribution in [0.2, 0.25) is 4.34 Å². The van der Waals surface area contributed by atoms with Crippen molar-refractivity contribution in [2.45, 2.75) is 39.3 Å². The van der Waals surface area contributed by atoms with Gasteiger partial charge in [0.25, 0.3) is 0 Å². The second kappa shape index (κ2) is 5.91. The van der Waals surface area contributed by atoms with E-state index in [9.17, 15) is 0 Å². The minimum absolute atomic E-state index is 0.231. The van der Waals surface area contributed by atoms with Gasteiger partial charge in [-0.2, -0.15) is 0 Å². The first-order chi connectivity index (χ1) is 8.42. The molecule has 0 aromatic carbocycles. The number of rotatable bonds is 4. The Morgan fingerprint density at radius 2 is 2.22 bits per heavy atom. The van der Waals surface area contributed by atoms with Gasteiger partial charge in [0.05, 0.1) is 4.34 Å². The van der Waals surface area contributed by atoms with E-state index in [0.29, 0.717) is 0 Å². The Balaban J connectivity index is 1.75. The van der Waals surface area contributed by atoms with E-state index in [4.69, 9.17) is 11.6 Å². The van der Waals surface area contributed by atoms with Crippen LogP contribution < -0.4 is 5.32 Å². The predicted molar refractivity (Wildman–Crippen MR) is 80.5 cm³/mol. The summed E-state index contributed by atoms with van der Waals surface area (Å²) in [6, 6.07) is 4.14. The summed E-state index contributed by atoms with van der Waals surface area (Å²) < 4.78 is 0.898. The lowest BCUT2D eigenvalue weighted by Gasteiger charge is -2.23. The molecule has 2 nitrogen and oxygen atoms in total. The van der Waals surface area contributed by atoms with E-state index in [-0.39, 0.29) is 5.54 Å². The summed E-state index contributed by atoms with van der Waals surface area (Å²) in [7, 11) is 0. The van der Waals surface area contributed by atoms with Crippen molar-refractivity contribution < 1.29 is 0 Å². The van der Waals surface area contributed by atoms with E-state index < -0.39 is 0 Å². The van der Waals surface area contributed by atoms with Gasteiger partial charge in [-0.3, -0.25) is 4.90 Å². The van der Waals surface area contributed by atoms with Crippen molar-refractivity contribution in [2.75, 3.05) is 19.6 Å². The monoisotopic (exact) mass is 286 g/mol. The number of hydrogen-bond donors (Lipinski definition) is 1. The van der Waals surface area contributed by atoms with E-state index in [1.54, 1.807) is 11.3 Å². The summed E-state index contributed by atoms with van der Waals surface area (Å²) in [5, 5.41) is 3.61. The number of nitrogens with one attached hydrogen (secondary N) is 1. The van der Waals surface area contributed by atoms with Gasteiger partial charge in [-0.05, 0) is 58.3 Å². The van der Waals surface area contributed by atoms with Gasteiger partial charge >= 0.3 is 0 Å². The number of hydrogen-bond acceptors (Lipinski definition) is 3. The molecule has 0 saturated carbocycles. The zero-order chi connectivity index (χ0) is 13.2. The molecule has 4 heteroatoms. The van der Waals surface area contributed by atoms with Gasteiger partial charge in [-0.15, -0.1) is 11.3 Å². The average Bonchev–Trinajstić information content (AvgIpc) is 2.85. The highest BCUT2D eigenvalue weighted by atomic mass is 35.5. The van der Waals surface area contributed by atoms with Gasteiger partial charge in [-0.1, -0.05) is 11.6 Å². The highest BCUT2D eigenvalue weighted by Crippen LogP contribution is 2.25. The Morgan fingerprint density at radius 3 is 2.83 bits per heavy atom. The molecule has 1 atom stereocenters. The number of halogens is 1. The van der Waals surface area contributed by atoms with Gasteiger partial charge in [0, 0.05) is 23.5 Å². The number of nitrogens with zero attached hydrogens (tertiary/aromatic N) is 1. The van der Waals surface area contributed by atoms with Crippen molar-refractivity contribution >= 4 is 22.9 Å². The lowest BCUT2D eigenvalue weighted by molar-refractivity contribution is 0.307. The van der Waals surface area contributed by atoms with E-state index in [0.717, 1.165) is 23.3 Å². The molecular weight excluding hydrogens is 264 g/mol. The fourth-order valence-electron chi connectivity index (χ4n) is 2.33. The van der Waals surface area contributed by atoms with E-state index in [2.05, 4.69) is 37.1 Å². The molecule has 0 radical (unpaired) electrons. The van der Waals surface area contributed by atoms with E-state index in [1.165, 1.54) is 24.4 Å². The highest BCUT2D eigenvalue weighted by Gasteiger charge is 2.23. The summed E-state index contributed by atoms with van der Waals surface area (Å²) in [6.07, 6.45) is 1.31. The van der Waals surface area contributed by atoms with Crippen LogP contribution >= 0.6 is 22.9 Å². The second-order valence-corrected chi connectivity index (χ2v) is 8.03. The van der Waals surface area contributed by atoms with Crippen molar-refractivity contribution in [3.63, 3.8) is 0 Å². The van der Waals surface area contributed by atoms with Crippen LogP contribution in [0.4, 0.5) is 0 Å². The second-order valence-electron chi connectivity index (χ2n) is 6.23. The quantitative estimate of drug-likeness (QED) is 0.910. The summed E-state index contributed by atoms with van der Waals surface area (Å²) in [5.41, 5.74) is 0.231. The minimum Gasteiger partial charge on any atom is -0.312 e. The highest BCUT2D eigenvalue weighted by molar-refractivity contribution is 7.16. The Labute approximate surface area is 119 Å². The van der Waals surface area contributed by atoms with Crippen molar-refractivity contribution in [3.05, 3.63) is 21.3 Å². The summed E-state index contributed by atoms with van der Waals surface area (Å²) in [6.45, 7) is 11.3. The summed E-state index contributed by atoms with van der Waals surface area (Å²) in [5.74, 6) is 0.791. The van der Waals surface area contributed by atoms with Gasteiger partial charge in [0.1, 0.15) is 0 Å². The van der Waals surface area contributed by atoms with E-state index >= 15 is 0 Å². The molecule has 18 heavy (non-hydrogen) atoms. The maximum Gasteiger partial charge on any atom is 0.0931 e. The Kier molecular flexibility index (Phi) is 4.70. The third kappa shape index (κ3) is 4.54. The largest absolute Gasteiger partial charge is 0.312 e. The molecule has 1 N–H and O–H groups in total. The lowest BCUT2D eigenvalue weighted by atomic mass is 10.1. The predicted octanol–water partition coefficient (Wildman–Crippen LogP) is 3.61. The first-order valence-corrected chi connectivity index (χ1v) is 7.83. The molecule has 0 bridgehead atoms. The third-order valence-corrected chi connectivity index (χ3v) is 4.52. The number of likely N-dealkylation sites (tertiary alicyclic amines) is 1. The molecule has 1 fully saturated rings. The van der Waals surface area contributed by atoms with Crippen molar-refractivity contribution in [3.8, 4) is 0 Å². The fourth-order valence-corrected chi connectivity index (χ4v) is 3.46. The van der Waals surface area contributed by atoms with Crippen LogP contribution in [0.5, 0.6) is 0 Å². The SMILES string of the molecule is CC(C)(C)NCC1CCN(Cc2ccc(Cl)s2)C1. The molecule has 2 rings (SSSR count). The summed E-state index contributed by atoms with van der Waals surface area (Å²) in [4.78, 5) is 3.92. The van der Waals surface area contributed by atoms with Crippen molar-refractivity contribution in [1.82, 2.24) is 10.2 Å². The maximum atomic E-state index is 5.96. The normalized spacial score (nSPS) is 21.7. The van der Waals surface area contributed by atoms with Crippen LogP contribution in [0.1, 0.15) is 32.1 Å². The fraction of sp³-hybridized carbons (Fsp3) is 0.714. The van der Waals surface area contributed by atoms with Gasteiger partial charge < -0.3 is 5.32 Å². The van der Waals surface area contributed by atoms with Crippen LogP contribution in [0.3, 0.4) is 0 Å². The maximum absolute atomic E-state index is 5.96. The molecule has 1 unspecified atom stereocenters. The summed E-state index contributed by atoms with van der Waals surface area (Å²) >= 11 is 7.67. The van der Waals surface area contributed by atoms with Crippen LogP contribution in [-0.4, -0.2) is 30.1 Å². The Morgan fingerprint density at radius 1 is 1.44 bits per heavy atom. The average molecular weight is 287 g/mol. The Bertz CT molecular complexity index is 383. The molecule has 1 aromatic heterocycles. The van der Waals surface area contributed by atoms with Crippen molar-refractivity contribution in [2.24, 2.45) is 5.92 Å². The molecule has 1 aromatic rings. The molecule has 0 aliphatic carbocycles. The first kappa shape index (κ1) is 14.3. The standard InChI is InChI=1S/C14H23ClN2S/c1-14(2,3)16-8-11-6-7-17(9-11)10-12-4-5-13(15)18-12/h4-5,11,16H,6-10H2,1-3H3. The molecule has 2 heterocycles. The third-order valence-electron chi connectivity index (χ3n) is 3.30. The molecule has 102 valence electrons. The minimum atomic E-state index is 0.231. The zero-order valence-corrected chi connectivity index (χ0v) is 13.1. The molecule has 1 aliphatic rings. The molecule has 0 spiro atoms. The van der Waals surface area contributed by atoms with Gasteiger partial charge in [0.2, 0.25) is 0 Å². The van der Waals surface area contributed by atoms with Gasteiger partial charge in [0.15, 0.2) is 0 Å². The van der Waals surface area contributed by atoms with Crippen LogP contribution in [-0.2, 0) is 6.54 Å². The Hall–Kier alpha value is -0.0900. The van der Waals surface area contributed by atoms with Crippen LogP contribution in [0, 0.1) is 5.92 Å². The van der Waals surface area contributed by atoms with Crippen LogP contribution in [0.15, 0.2) is 12.1 Å². The lowest BCUT2D eigenvalue weighted by Crippen LogP contribution is -2.39. The molecule has 1 saturated heterocycles. The topological polar surface area (TPSA) is 15.3 Å². The molecular formula is C14H23ClN2S. The molecule has 0 amide bonds. The first-order valence-electron chi connectivity index (χ1n) is 6.64.